The lowest BCUT2D eigenvalue weighted by Crippen LogP contribution is -2.42. The highest BCUT2D eigenvalue weighted by atomic mass is 15.1. The maximum Gasteiger partial charge on any atom is 0.00243 e. The Kier molecular flexibility index (Phi) is 5.87. The average Bonchev–Trinajstić information content (AvgIpc) is 2.46. The molecular formula is C17H28N2. The van der Waals surface area contributed by atoms with Crippen molar-refractivity contribution in [3.05, 3.63) is 35.9 Å². The number of likely N-dealkylation sites (tertiary alicyclic amines) is 1. The monoisotopic (exact) mass is 260 g/mol. The van der Waals surface area contributed by atoms with Crippen LogP contribution in [0.4, 0.5) is 0 Å². The second kappa shape index (κ2) is 7.66. The molecule has 1 fully saturated rings. The number of aryl methyl sites for hydroxylation is 1. The van der Waals surface area contributed by atoms with Crippen molar-refractivity contribution in [2.45, 2.75) is 32.6 Å². The van der Waals surface area contributed by atoms with Crippen molar-refractivity contribution in [1.82, 2.24) is 4.90 Å². The van der Waals surface area contributed by atoms with E-state index in [1.807, 2.05) is 0 Å². The van der Waals surface area contributed by atoms with E-state index < -0.39 is 0 Å². The van der Waals surface area contributed by atoms with Gasteiger partial charge in [0.1, 0.15) is 0 Å². The van der Waals surface area contributed by atoms with Crippen LogP contribution in [0.2, 0.25) is 0 Å². The summed E-state index contributed by atoms with van der Waals surface area (Å²) in [5.74, 6) is 1.52. The predicted octanol–water partition coefficient (Wildman–Crippen LogP) is 2.93. The normalized spacial score (nSPS) is 24.5. The van der Waals surface area contributed by atoms with Gasteiger partial charge in [0, 0.05) is 6.54 Å². The summed E-state index contributed by atoms with van der Waals surface area (Å²) in [4.78, 5) is 2.61. The molecule has 2 atom stereocenters. The van der Waals surface area contributed by atoms with E-state index in [0.29, 0.717) is 5.92 Å². The molecule has 106 valence electrons. The fraction of sp³-hybridized carbons (Fsp3) is 0.647. The Morgan fingerprint density at radius 1 is 1.21 bits per heavy atom. The molecule has 0 amide bonds. The Hall–Kier alpha value is -0.860. The number of hydrogen-bond donors (Lipinski definition) is 1. The first-order valence-electron chi connectivity index (χ1n) is 7.76. The summed E-state index contributed by atoms with van der Waals surface area (Å²) in [5, 5.41) is 0. The molecule has 0 spiro atoms. The number of benzene rings is 1. The van der Waals surface area contributed by atoms with E-state index in [9.17, 15) is 0 Å². The van der Waals surface area contributed by atoms with Crippen LogP contribution < -0.4 is 5.73 Å². The molecule has 0 aliphatic carbocycles. The molecule has 1 aliphatic heterocycles. The van der Waals surface area contributed by atoms with Gasteiger partial charge < -0.3 is 10.6 Å². The van der Waals surface area contributed by atoms with Crippen LogP contribution in [0.3, 0.4) is 0 Å². The number of hydrogen-bond acceptors (Lipinski definition) is 2. The van der Waals surface area contributed by atoms with Gasteiger partial charge in [0.2, 0.25) is 0 Å². The number of nitrogens with zero attached hydrogens (tertiary/aromatic N) is 1. The second-order valence-electron chi connectivity index (χ2n) is 6.01. The first kappa shape index (κ1) is 14.5. The summed E-state index contributed by atoms with van der Waals surface area (Å²) < 4.78 is 0. The highest BCUT2D eigenvalue weighted by Gasteiger charge is 2.24. The van der Waals surface area contributed by atoms with Crippen LogP contribution in [0.25, 0.3) is 0 Å². The molecule has 1 aliphatic rings. The van der Waals surface area contributed by atoms with Gasteiger partial charge in [0.15, 0.2) is 0 Å². The topological polar surface area (TPSA) is 29.3 Å². The molecule has 0 saturated carbocycles. The first-order valence-corrected chi connectivity index (χ1v) is 7.76. The van der Waals surface area contributed by atoms with Crippen molar-refractivity contribution < 1.29 is 0 Å². The van der Waals surface area contributed by atoms with E-state index in [0.717, 1.165) is 12.5 Å². The summed E-state index contributed by atoms with van der Waals surface area (Å²) >= 11 is 0. The van der Waals surface area contributed by atoms with Crippen molar-refractivity contribution in [2.75, 3.05) is 26.2 Å². The van der Waals surface area contributed by atoms with E-state index in [-0.39, 0.29) is 0 Å². The van der Waals surface area contributed by atoms with E-state index in [1.54, 1.807) is 0 Å². The summed E-state index contributed by atoms with van der Waals surface area (Å²) in [7, 11) is 0. The lowest BCUT2D eigenvalue weighted by Gasteiger charge is -2.36. The maximum absolute atomic E-state index is 5.86. The van der Waals surface area contributed by atoms with Crippen molar-refractivity contribution in [1.29, 1.82) is 0 Å². The average molecular weight is 260 g/mol. The smallest absolute Gasteiger partial charge is 0.00243 e. The molecule has 1 aromatic carbocycles. The van der Waals surface area contributed by atoms with Gasteiger partial charge in [-0.15, -0.1) is 0 Å². The lowest BCUT2D eigenvalue weighted by atomic mass is 9.87. The minimum Gasteiger partial charge on any atom is -0.330 e. The number of rotatable bonds is 6. The predicted molar refractivity (Wildman–Crippen MR) is 82.1 cm³/mol. The fourth-order valence-electron chi connectivity index (χ4n) is 3.04. The van der Waals surface area contributed by atoms with Crippen molar-refractivity contribution in [3.8, 4) is 0 Å². The van der Waals surface area contributed by atoms with Crippen molar-refractivity contribution >= 4 is 0 Å². The van der Waals surface area contributed by atoms with Gasteiger partial charge in [-0.3, -0.25) is 0 Å². The Labute approximate surface area is 118 Å². The van der Waals surface area contributed by atoms with E-state index in [2.05, 4.69) is 42.2 Å². The number of nitrogens with two attached hydrogens (primary N) is 1. The summed E-state index contributed by atoms with van der Waals surface area (Å²) in [6, 6.07) is 10.8. The van der Waals surface area contributed by atoms with Crippen LogP contribution in [-0.4, -0.2) is 31.1 Å². The van der Waals surface area contributed by atoms with Crippen molar-refractivity contribution in [3.63, 3.8) is 0 Å². The fourth-order valence-corrected chi connectivity index (χ4v) is 3.04. The molecular weight excluding hydrogens is 232 g/mol. The molecule has 1 heterocycles. The Balaban J connectivity index is 1.63. The molecule has 1 saturated heterocycles. The maximum atomic E-state index is 5.86. The highest BCUT2D eigenvalue weighted by molar-refractivity contribution is 5.14. The van der Waals surface area contributed by atoms with E-state index >= 15 is 0 Å². The zero-order valence-corrected chi connectivity index (χ0v) is 12.2. The summed E-state index contributed by atoms with van der Waals surface area (Å²) in [6.07, 6.45) is 5.13. The molecule has 2 N–H and O–H groups in total. The van der Waals surface area contributed by atoms with Gasteiger partial charge >= 0.3 is 0 Å². The van der Waals surface area contributed by atoms with Crippen LogP contribution in [0.15, 0.2) is 30.3 Å². The van der Waals surface area contributed by atoms with Crippen molar-refractivity contribution in [2.24, 2.45) is 17.6 Å². The second-order valence-corrected chi connectivity index (χ2v) is 6.01. The zero-order chi connectivity index (χ0) is 13.5. The van der Waals surface area contributed by atoms with Gasteiger partial charge in [-0.1, -0.05) is 37.3 Å². The molecule has 0 aromatic heterocycles. The Bertz CT molecular complexity index is 350. The minimum atomic E-state index is 0.711. The third-order valence-corrected chi connectivity index (χ3v) is 4.53. The van der Waals surface area contributed by atoms with Gasteiger partial charge in [0.05, 0.1) is 0 Å². The minimum absolute atomic E-state index is 0.711. The number of piperidine rings is 1. The zero-order valence-electron chi connectivity index (χ0n) is 12.2. The van der Waals surface area contributed by atoms with Gasteiger partial charge in [-0.2, -0.15) is 0 Å². The Morgan fingerprint density at radius 2 is 2.00 bits per heavy atom. The molecule has 0 radical (unpaired) electrons. The standard InChI is InChI=1S/C17H28N2/c1-15-10-12-19(14-17(15)13-18)11-6-5-9-16-7-3-2-4-8-16/h2-4,7-8,15,17H,5-6,9-14,18H2,1H3. The van der Waals surface area contributed by atoms with Crippen LogP contribution in [0.1, 0.15) is 31.7 Å². The van der Waals surface area contributed by atoms with Gasteiger partial charge in [-0.25, -0.2) is 0 Å². The quantitative estimate of drug-likeness (QED) is 0.797. The van der Waals surface area contributed by atoms with Gasteiger partial charge in [0.25, 0.3) is 0 Å². The van der Waals surface area contributed by atoms with Crippen LogP contribution in [0, 0.1) is 11.8 Å². The highest BCUT2D eigenvalue weighted by Crippen LogP contribution is 2.22. The lowest BCUT2D eigenvalue weighted by molar-refractivity contribution is 0.130. The Morgan fingerprint density at radius 3 is 2.74 bits per heavy atom. The largest absolute Gasteiger partial charge is 0.330 e. The van der Waals surface area contributed by atoms with Crippen LogP contribution >= 0.6 is 0 Å². The summed E-state index contributed by atoms with van der Waals surface area (Å²) in [5.41, 5.74) is 7.33. The third-order valence-electron chi connectivity index (χ3n) is 4.53. The molecule has 2 rings (SSSR count). The van der Waals surface area contributed by atoms with Crippen LogP contribution in [0.5, 0.6) is 0 Å². The molecule has 2 nitrogen and oxygen atoms in total. The molecule has 2 heteroatoms. The molecule has 0 bridgehead atoms. The summed E-state index contributed by atoms with van der Waals surface area (Å²) in [6.45, 7) is 6.92. The van der Waals surface area contributed by atoms with E-state index in [1.165, 1.54) is 50.9 Å². The first-order chi connectivity index (χ1) is 9.29. The SMILES string of the molecule is CC1CCN(CCCCc2ccccc2)CC1CN. The molecule has 2 unspecified atom stereocenters. The van der Waals surface area contributed by atoms with Crippen LogP contribution in [-0.2, 0) is 6.42 Å². The molecule has 19 heavy (non-hydrogen) atoms. The van der Waals surface area contributed by atoms with E-state index in [4.69, 9.17) is 5.73 Å². The van der Waals surface area contributed by atoms with Gasteiger partial charge in [-0.05, 0) is 62.7 Å². The molecule has 1 aromatic rings. The third kappa shape index (κ3) is 4.63. The number of unbranched alkanes of at least 4 members (excludes halogenated alkanes) is 1.